The summed E-state index contributed by atoms with van der Waals surface area (Å²) in [7, 11) is -3.59. The van der Waals surface area contributed by atoms with Crippen molar-refractivity contribution in [1.29, 1.82) is 0 Å². The topological polar surface area (TPSA) is 84.5 Å². The molecular weight excluding hydrogens is 390 g/mol. The Morgan fingerprint density at radius 1 is 1.23 bits per heavy atom. The van der Waals surface area contributed by atoms with Crippen molar-refractivity contribution in [3.8, 4) is 5.75 Å². The number of rotatable bonds is 6. The molecule has 26 heavy (non-hydrogen) atoms. The van der Waals surface area contributed by atoms with Crippen molar-refractivity contribution in [3.63, 3.8) is 0 Å². The summed E-state index contributed by atoms with van der Waals surface area (Å²) in [5, 5.41) is 5.79. The van der Waals surface area contributed by atoms with Crippen LogP contribution in [-0.2, 0) is 14.6 Å². The van der Waals surface area contributed by atoms with E-state index in [-0.39, 0.29) is 31.0 Å². The molecule has 6 nitrogen and oxygen atoms in total. The summed E-state index contributed by atoms with van der Waals surface area (Å²) in [6.45, 7) is -0.293. The Morgan fingerprint density at radius 3 is 2.23 bits per heavy atom. The second-order valence-electron chi connectivity index (χ2n) is 6.16. The van der Waals surface area contributed by atoms with Gasteiger partial charge in [0, 0.05) is 6.26 Å². The van der Waals surface area contributed by atoms with E-state index < -0.39 is 33.1 Å². The predicted octanol–water partition coefficient (Wildman–Crippen LogP) is 2.05. The predicted molar refractivity (Wildman–Crippen MR) is 96.6 cm³/mol. The number of nitrogens with one attached hydrogen (secondary N) is 2. The third-order valence-electron chi connectivity index (χ3n) is 4.49. The van der Waals surface area contributed by atoms with Gasteiger partial charge in [-0.3, -0.25) is 4.79 Å². The molecule has 1 aliphatic heterocycles. The molecular formula is C16H23ClF2N2O4S. The van der Waals surface area contributed by atoms with Gasteiger partial charge in [0.25, 0.3) is 0 Å². The Hall–Kier alpha value is -1.45. The number of hydrogen-bond donors (Lipinski definition) is 2. The number of piperidine rings is 1. The zero-order chi connectivity index (χ0) is 18.7. The fourth-order valence-electron chi connectivity index (χ4n) is 2.95. The summed E-state index contributed by atoms with van der Waals surface area (Å²) in [4.78, 5) is 12.7. The van der Waals surface area contributed by atoms with Gasteiger partial charge in [0.15, 0.2) is 14.6 Å². The maximum Gasteiger partial charge on any atom is 0.387 e. The molecule has 0 saturated carbocycles. The molecule has 0 radical (unpaired) electrons. The lowest BCUT2D eigenvalue weighted by Crippen LogP contribution is -2.57. The second kappa shape index (κ2) is 8.96. The van der Waals surface area contributed by atoms with Crippen LogP contribution in [0.4, 0.5) is 8.78 Å². The van der Waals surface area contributed by atoms with Crippen LogP contribution in [0.15, 0.2) is 24.3 Å². The zero-order valence-electron chi connectivity index (χ0n) is 14.5. The molecule has 0 spiro atoms. The zero-order valence-corrected chi connectivity index (χ0v) is 16.1. The van der Waals surface area contributed by atoms with Gasteiger partial charge < -0.3 is 15.4 Å². The van der Waals surface area contributed by atoms with Crippen molar-refractivity contribution in [2.75, 3.05) is 19.3 Å². The minimum Gasteiger partial charge on any atom is -0.435 e. The number of benzene rings is 1. The number of carbonyl (C=O) groups is 1. The van der Waals surface area contributed by atoms with Gasteiger partial charge in [-0.05, 0) is 50.6 Å². The lowest BCUT2D eigenvalue weighted by Gasteiger charge is -2.35. The fraction of sp³-hybridized carbons (Fsp3) is 0.562. The van der Waals surface area contributed by atoms with E-state index in [1.165, 1.54) is 12.1 Å². The molecule has 2 N–H and O–H groups in total. The number of amides is 1. The Morgan fingerprint density at radius 2 is 1.77 bits per heavy atom. The SMILES string of the molecule is CC(NC(=O)C1(S(C)(=O)=O)CCNCC1)c1ccc(OC(F)F)cc1.Cl. The number of ether oxygens (including phenoxy) is 1. The van der Waals surface area contributed by atoms with Gasteiger partial charge in [-0.1, -0.05) is 12.1 Å². The van der Waals surface area contributed by atoms with E-state index in [0.717, 1.165) is 6.26 Å². The highest BCUT2D eigenvalue weighted by molar-refractivity contribution is 7.92. The van der Waals surface area contributed by atoms with Crippen LogP contribution in [0.1, 0.15) is 31.4 Å². The van der Waals surface area contributed by atoms with Crippen molar-refractivity contribution < 1.29 is 26.7 Å². The summed E-state index contributed by atoms with van der Waals surface area (Å²) in [5.41, 5.74) is 0.660. The summed E-state index contributed by atoms with van der Waals surface area (Å²) >= 11 is 0. The molecule has 1 aliphatic rings. The molecule has 1 heterocycles. The van der Waals surface area contributed by atoms with Gasteiger partial charge in [0.2, 0.25) is 5.91 Å². The number of halogens is 3. The van der Waals surface area contributed by atoms with Crippen molar-refractivity contribution >= 4 is 28.2 Å². The largest absolute Gasteiger partial charge is 0.435 e. The first-order valence-electron chi connectivity index (χ1n) is 7.92. The lowest BCUT2D eigenvalue weighted by molar-refractivity contribution is -0.125. The lowest BCUT2D eigenvalue weighted by atomic mass is 9.95. The molecule has 0 aromatic heterocycles. The highest BCUT2D eigenvalue weighted by Gasteiger charge is 2.48. The number of sulfone groups is 1. The minimum atomic E-state index is -3.59. The van der Waals surface area contributed by atoms with Crippen molar-refractivity contribution in [1.82, 2.24) is 10.6 Å². The van der Waals surface area contributed by atoms with E-state index >= 15 is 0 Å². The average molecular weight is 413 g/mol. The number of carbonyl (C=O) groups excluding carboxylic acids is 1. The molecule has 0 aliphatic carbocycles. The fourth-order valence-corrected chi connectivity index (χ4v) is 4.29. The summed E-state index contributed by atoms with van der Waals surface area (Å²) in [6, 6.07) is 5.39. The minimum absolute atomic E-state index is 0. The Balaban J connectivity index is 0.00000338. The summed E-state index contributed by atoms with van der Waals surface area (Å²) in [6.07, 6.45) is 1.51. The Kier molecular flexibility index (Phi) is 7.79. The van der Waals surface area contributed by atoms with Crippen molar-refractivity contribution in [2.45, 2.75) is 37.2 Å². The van der Waals surface area contributed by atoms with Crippen LogP contribution in [0.5, 0.6) is 5.75 Å². The van der Waals surface area contributed by atoms with Crippen LogP contribution in [0.3, 0.4) is 0 Å². The van der Waals surface area contributed by atoms with Crippen LogP contribution in [0.25, 0.3) is 0 Å². The van der Waals surface area contributed by atoms with Gasteiger partial charge >= 0.3 is 6.61 Å². The first-order chi connectivity index (χ1) is 11.7. The molecule has 1 unspecified atom stereocenters. The molecule has 10 heteroatoms. The highest BCUT2D eigenvalue weighted by atomic mass is 35.5. The molecule has 1 fully saturated rings. The maximum absolute atomic E-state index is 12.7. The van der Waals surface area contributed by atoms with E-state index in [1.54, 1.807) is 19.1 Å². The first kappa shape index (κ1) is 22.6. The smallest absolute Gasteiger partial charge is 0.387 e. The molecule has 1 aromatic carbocycles. The van der Waals surface area contributed by atoms with Crippen molar-refractivity contribution in [2.24, 2.45) is 0 Å². The molecule has 1 atom stereocenters. The standard InChI is InChI=1S/C16H22F2N2O4S.ClH/c1-11(12-3-5-13(6-4-12)24-15(17)18)20-14(21)16(25(2,22)23)7-9-19-10-8-16;/h3-6,11,15,19H,7-10H2,1-2H3,(H,20,21);1H. The van der Waals surface area contributed by atoms with Gasteiger partial charge in [-0.25, -0.2) is 8.42 Å². The number of alkyl halides is 2. The second-order valence-corrected chi connectivity index (χ2v) is 8.48. The van der Waals surface area contributed by atoms with E-state index in [1.807, 2.05) is 0 Å². The van der Waals surface area contributed by atoms with Crippen LogP contribution >= 0.6 is 12.4 Å². The van der Waals surface area contributed by atoms with Crippen LogP contribution < -0.4 is 15.4 Å². The van der Waals surface area contributed by atoms with E-state index in [2.05, 4.69) is 15.4 Å². The highest BCUT2D eigenvalue weighted by Crippen LogP contribution is 2.29. The van der Waals surface area contributed by atoms with Crippen LogP contribution in [-0.4, -0.2) is 45.0 Å². The van der Waals surface area contributed by atoms with Gasteiger partial charge in [0.1, 0.15) is 5.75 Å². The maximum atomic E-state index is 12.7. The Bertz CT molecular complexity index is 707. The third-order valence-corrected chi connectivity index (χ3v) is 6.50. The van der Waals surface area contributed by atoms with E-state index in [9.17, 15) is 22.0 Å². The van der Waals surface area contributed by atoms with Gasteiger partial charge in [-0.2, -0.15) is 8.78 Å². The normalized spacial score (nSPS) is 17.9. The molecule has 0 bridgehead atoms. The molecule has 1 saturated heterocycles. The van der Waals surface area contributed by atoms with E-state index in [4.69, 9.17) is 0 Å². The monoisotopic (exact) mass is 412 g/mol. The van der Waals surface area contributed by atoms with Gasteiger partial charge in [-0.15, -0.1) is 12.4 Å². The quantitative estimate of drug-likeness (QED) is 0.747. The molecule has 1 amide bonds. The summed E-state index contributed by atoms with van der Waals surface area (Å²) in [5.74, 6) is -0.514. The molecule has 148 valence electrons. The summed E-state index contributed by atoms with van der Waals surface area (Å²) < 4.78 is 51.7. The number of hydrogen-bond acceptors (Lipinski definition) is 5. The third kappa shape index (κ3) is 5.05. The average Bonchev–Trinajstić information content (AvgIpc) is 2.54. The van der Waals surface area contributed by atoms with Crippen LogP contribution in [0, 0.1) is 0 Å². The molecule has 1 aromatic rings. The Labute approximate surface area is 158 Å². The van der Waals surface area contributed by atoms with E-state index in [0.29, 0.717) is 18.7 Å². The van der Waals surface area contributed by atoms with Crippen LogP contribution in [0.2, 0.25) is 0 Å². The van der Waals surface area contributed by atoms with Crippen molar-refractivity contribution in [3.05, 3.63) is 29.8 Å². The molecule has 2 rings (SSSR count). The first-order valence-corrected chi connectivity index (χ1v) is 9.81. The van der Waals surface area contributed by atoms with Gasteiger partial charge in [0.05, 0.1) is 6.04 Å².